The van der Waals surface area contributed by atoms with Crippen LogP contribution in [0.2, 0.25) is 0 Å². The quantitative estimate of drug-likeness (QED) is 0.332. The van der Waals surface area contributed by atoms with E-state index in [4.69, 9.17) is 9.47 Å². The number of phenolic OH excluding ortho intramolecular Hbond substituents is 1. The van der Waals surface area contributed by atoms with Crippen LogP contribution in [0.4, 0.5) is 4.79 Å². The van der Waals surface area contributed by atoms with Crippen LogP contribution in [-0.2, 0) is 10.2 Å². The summed E-state index contributed by atoms with van der Waals surface area (Å²) in [5.74, 6) is 0.379. The Labute approximate surface area is 222 Å². The van der Waals surface area contributed by atoms with E-state index in [-0.39, 0.29) is 29.7 Å². The van der Waals surface area contributed by atoms with Crippen LogP contribution in [0.15, 0.2) is 78.9 Å². The fraction of sp³-hybridized carbons (Fsp3) is 0.333. The lowest BCUT2D eigenvalue weighted by Crippen LogP contribution is -2.45. The molecule has 3 aromatic carbocycles. The van der Waals surface area contributed by atoms with Crippen LogP contribution in [0.3, 0.4) is 0 Å². The topological polar surface area (TPSA) is 117 Å². The Kier molecular flexibility index (Phi) is 8.86. The number of carbonyl (C=O) groups is 2. The number of phenols is 1. The van der Waals surface area contributed by atoms with Gasteiger partial charge in [0.25, 0.3) is 5.91 Å². The number of nitrogens with one attached hydrogen (secondary N) is 2. The predicted octanol–water partition coefficient (Wildman–Crippen LogP) is 4.47. The van der Waals surface area contributed by atoms with Crippen molar-refractivity contribution >= 4 is 12.0 Å². The lowest BCUT2D eigenvalue weighted by atomic mass is 9.68. The number of ether oxygens (including phenoxy) is 2. The molecule has 1 unspecified atom stereocenters. The zero-order valence-corrected chi connectivity index (χ0v) is 21.4. The van der Waals surface area contributed by atoms with Crippen molar-refractivity contribution in [1.82, 2.24) is 10.6 Å². The van der Waals surface area contributed by atoms with Crippen molar-refractivity contribution in [2.24, 2.45) is 0 Å². The molecule has 8 nitrogen and oxygen atoms in total. The van der Waals surface area contributed by atoms with Crippen LogP contribution in [0.25, 0.3) is 0 Å². The summed E-state index contributed by atoms with van der Waals surface area (Å²) in [6.45, 7) is 0.418. The standard InChI is InChI=1S/C30H34N2O6/c1-37-27-13-6-5-12-25(27)28(35)32-20-30(22-9-3-2-4-10-22)16-14-24(15-17-30)38-29(36)31-19-26(34)21-8-7-11-23(33)18-21/h2-13,18,24,26,33-34H,14-17,19-20H2,1H3,(H,31,36)(H,32,35). The lowest BCUT2D eigenvalue weighted by molar-refractivity contribution is 0.0535. The molecule has 4 rings (SSSR count). The van der Waals surface area contributed by atoms with Gasteiger partial charge in [0.1, 0.15) is 17.6 Å². The molecule has 0 aliphatic heterocycles. The number of aliphatic hydroxyl groups excluding tert-OH is 1. The summed E-state index contributed by atoms with van der Waals surface area (Å²) >= 11 is 0. The minimum Gasteiger partial charge on any atom is -0.508 e. The minimum atomic E-state index is -0.960. The van der Waals surface area contributed by atoms with Crippen molar-refractivity contribution in [3.8, 4) is 11.5 Å². The third-order valence-corrected chi connectivity index (χ3v) is 7.18. The van der Waals surface area contributed by atoms with E-state index in [1.807, 2.05) is 24.3 Å². The van der Waals surface area contributed by atoms with Crippen LogP contribution in [0.5, 0.6) is 11.5 Å². The van der Waals surface area contributed by atoms with E-state index < -0.39 is 12.2 Å². The number of hydrogen-bond donors (Lipinski definition) is 4. The van der Waals surface area contributed by atoms with Gasteiger partial charge < -0.3 is 30.3 Å². The van der Waals surface area contributed by atoms with Crippen LogP contribution >= 0.6 is 0 Å². The summed E-state index contributed by atoms with van der Waals surface area (Å²) in [5.41, 5.74) is 1.84. The number of benzene rings is 3. The van der Waals surface area contributed by atoms with Gasteiger partial charge in [0.2, 0.25) is 0 Å². The fourth-order valence-electron chi connectivity index (χ4n) is 5.02. The lowest BCUT2D eigenvalue weighted by Gasteiger charge is -2.40. The third kappa shape index (κ3) is 6.63. The van der Waals surface area contributed by atoms with Gasteiger partial charge in [0.05, 0.1) is 25.3 Å². The summed E-state index contributed by atoms with van der Waals surface area (Å²) in [6, 6.07) is 23.5. The number of rotatable bonds is 9. The van der Waals surface area contributed by atoms with Crippen molar-refractivity contribution in [1.29, 1.82) is 0 Å². The molecular weight excluding hydrogens is 484 g/mol. The molecule has 0 aromatic heterocycles. The van der Waals surface area contributed by atoms with Gasteiger partial charge in [-0.15, -0.1) is 0 Å². The van der Waals surface area contributed by atoms with Gasteiger partial charge in [-0.2, -0.15) is 0 Å². The smallest absolute Gasteiger partial charge is 0.407 e. The number of aromatic hydroxyl groups is 1. The average Bonchev–Trinajstić information content (AvgIpc) is 2.96. The molecule has 0 bridgehead atoms. The van der Waals surface area contributed by atoms with Crippen molar-refractivity contribution in [3.63, 3.8) is 0 Å². The molecule has 1 atom stereocenters. The maximum Gasteiger partial charge on any atom is 0.407 e. The Balaban J connectivity index is 1.34. The van der Waals surface area contributed by atoms with Crippen LogP contribution < -0.4 is 15.4 Å². The highest BCUT2D eigenvalue weighted by atomic mass is 16.6. The van der Waals surface area contributed by atoms with Gasteiger partial charge in [0.15, 0.2) is 0 Å². The van der Waals surface area contributed by atoms with E-state index in [1.54, 1.807) is 37.4 Å². The molecule has 0 radical (unpaired) electrons. The zero-order chi connectivity index (χ0) is 27.0. The first-order chi connectivity index (χ1) is 18.4. The normalized spacial score (nSPS) is 19.7. The molecule has 3 aromatic rings. The van der Waals surface area contributed by atoms with Crippen molar-refractivity contribution in [2.75, 3.05) is 20.2 Å². The highest BCUT2D eigenvalue weighted by molar-refractivity contribution is 5.97. The summed E-state index contributed by atoms with van der Waals surface area (Å²) < 4.78 is 11.0. The predicted molar refractivity (Wildman–Crippen MR) is 143 cm³/mol. The van der Waals surface area contributed by atoms with E-state index >= 15 is 0 Å². The molecule has 1 fully saturated rings. The largest absolute Gasteiger partial charge is 0.508 e. The van der Waals surface area contributed by atoms with Crippen LogP contribution in [-0.4, -0.2) is 48.5 Å². The van der Waals surface area contributed by atoms with Crippen molar-refractivity contribution in [2.45, 2.75) is 43.3 Å². The van der Waals surface area contributed by atoms with Gasteiger partial charge in [-0.1, -0.05) is 54.6 Å². The number of methoxy groups -OCH3 is 1. The Morgan fingerprint density at radius 2 is 1.68 bits per heavy atom. The third-order valence-electron chi connectivity index (χ3n) is 7.18. The van der Waals surface area contributed by atoms with Crippen molar-refractivity contribution in [3.05, 3.63) is 95.6 Å². The van der Waals surface area contributed by atoms with E-state index in [0.29, 0.717) is 36.3 Å². The Morgan fingerprint density at radius 3 is 2.39 bits per heavy atom. The van der Waals surface area contributed by atoms with Crippen molar-refractivity contribution < 1.29 is 29.3 Å². The molecule has 38 heavy (non-hydrogen) atoms. The summed E-state index contributed by atoms with van der Waals surface area (Å²) in [5, 5.41) is 25.6. The summed E-state index contributed by atoms with van der Waals surface area (Å²) in [7, 11) is 1.54. The molecular formula is C30H34N2O6. The minimum absolute atomic E-state index is 0.0298. The maximum atomic E-state index is 13.0. The van der Waals surface area contributed by atoms with Gasteiger partial charge in [0, 0.05) is 12.0 Å². The molecule has 8 heteroatoms. The fourth-order valence-corrected chi connectivity index (χ4v) is 5.02. The Morgan fingerprint density at radius 1 is 0.974 bits per heavy atom. The number of alkyl carbamates (subject to hydrolysis) is 1. The Bertz CT molecular complexity index is 1220. The highest BCUT2D eigenvalue weighted by Crippen LogP contribution is 2.40. The van der Waals surface area contributed by atoms with E-state index in [0.717, 1.165) is 18.4 Å². The number of amides is 2. The average molecular weight is 519 g/mol. The molecule has 2 amide bonds. The molecule has 0 saturated heterocycles. The molecule has 1 aliphatic rings. The van der Waals surface area contributed by atoms with Gasteiger partial charge >= 0.3 is 6.09 Å². The monoisotopic (exact) mass is 518 g/mol. The van der Waals surface area contributed by atoms with E-state index in [9.17, 15) is 19.8 Å². The summed E-state index contributed by atoms with van der Waals surface area (Å²) in [4.78, 5) is 25.4. The summed E-state index contributed by atoms with van der Waals surface area (Å²) in [6.07, 6.45) is 0.920. The maximum absolute atomic E-state index is 13.0. The number of carbonyl (C=O) groups excluding carboxylic acids is 2. The SMILES string of the molecule is COc1ccccc1C(=O)NCC1(c2ccccc2)CCC(OC(=O)NCC(O)c2cccc(O)c2)CC1. The highest BCUT2D eigenvalue weighted by Gasteiger charge is 2.38. The first-order valence-corrected chi connectivity index (χ1v) is 12.8. The first-order valence-electron chi connectivity index (χ1n) is 12.8. The second-order valence-electron chi connectivity index (χ2n) is 9.63. The van der Waals surface area contributed by atoms with E-state index in [1.165, 1.54) is 12.1 Å². The second-order valence-corrected chi connectivity index (χ2v) is 9.63. The number of aliphatic hydroxyl groups is 1. The molecule has 4 N–H and O–H groups in total. The Hall–Kier alpha value is -4.04. The zero-order valence-electron chi connectivity index (χ0n) is 21.4. The van der Waals surface area contributed by atoms with Gasteiger partial charge in [-0.3, -0.25) is 4.79 Å². The number of para-hydroxylation sites is 1. The van der Waals surface area contributed by atoms with Gasteiger partial charge in [-0.05, 0) is 61.1 Å². The van der Waals surface area contributed by atoms with Crippen LogP contribution in [0, 0.1) is 0 Å². The molecule has 0 heterocycles. The molecule has 200 valence electrons. The molecule has 1 aliphatic carbocycles. The molecule has 1 saturated carbocycles. The first kappa shape index (κ1) is 27.0. The van der Waals surface area contributed by atoms with E-state index in [2.05, 4.69) is 22.8 Å². The second kappa shape index (κ2) is 12.5. The van der Waals surface area contributed by atoms with Gasteiger partial charge in [-0.25, -0.2) is 4.79 Å². The number of hydrogen-bond acceptors (Lipinski definition) is 6. The van der Waals surface area contributed by atoms with Crippen LogP contribution in [0.1, 0.15) is 53.3 Å². The molecule has 0 spiro atoms.